The monoisotopic (exact) mass is 277 g/mol. The maximum atomic E-state index is 12.9. The van der Waals surface area contributed by atoms with Crippen molar-refractivity contribution in [3.05, 3.63) is 18.2 Å². The molecule has 0 aliphatic rings. The van der Waals surface area contributed by atoms with Gasteiger partial charge >= 0.3 is 6.98 Å². The van der Waals surface area contributed by atoms with E-state index in [2.05, 4.69) is 0 Å². The zero-order valence-electron chi connectivity index (χ0n) is 11.2. The molecule has 7 heteroatoms. The molecule has 1 aromatic rings. The van der Waals surface area contributed by atoms with Gasteiger partial charge in [0, 0.05) is 0 Å². The molecule has 3 nitrogen and oxygen atoms in total. The van der Waals surface area contributed by atoms with Crippen LogP contribution in [0, 0.1) is 0 Å². The molecule has 0 saturated heterocycles. The number of rotatable bonds is 7. The van der Waals surface area contributed by atoms with E-state index < -0.39 is 12.4 Å². The first-order valence-corrected chi connectivity index (χ1v) is 5.97. The van der Waals surface area contributed by atoms with Gasteiger partial charge in [0.15, 0.2) is 0 Å². The second-order valence-corrected chi connectivity index (χ2v) is 4.25. The second kappa shape index (κ2) is 6.70. The highest BCUT2D eigenvalue weighted by Crippen LogP contribution is 2.22. The summed E-state index contributed by atoms with van der Waals surface area (Å²) in [4.78, 5) is 0. The molecule has 0 saturated carbocycles. The Morgan fingerprint density at radius 1 is 1.16 bits per heavy atom. The van der Waals surface area contributed by atoms with Crippen molar-refractivity contribution in [2.75, 3.05) is 20.3 Å². The summed E-state index contributed by atoms with van der Waals surface area (Å²) in [6.07, 6.45) is 0.0192. The Kier molecular flexibility index (Phi) is 5.53. The zero-order valence-corrected chi connectivity index (χ0v) is 11.2. The van der Waals surface area contributed by atoms with Gasteiger partial charge in [-0.25, -0.2) is 0 Å². The zero-order chi connectivity index (χ0) is 14.5. The molecule has 108 valence electrons. The molecule has 1 aromatic carbocycles. The number of halogens is 3. The lowest BCUT2D eigenvalue weighted by Gasteiger charge is -2.21. The summed E-state index contributed by atoms with van der Waals surface area (Å²) < 4.78 is 53.8. The predicted molar refractivity (Wildman–Crippen MR) is 68.3 cm³/mol. The van der Waals surface area contributed by atoms with Gasteiger partial charge in [0.25, 0.3) is 0 Å². The van der Waals surface area contributed by atoms with Gasteiger partial charge in [0.1, 0.15) is 12.4 Å². The van der Waals surface area contributed by atoms with Crippen molar-refractivity contribution in [1.29, 1.82) is 0 Å². The third-order valence-electron chi connectivity index (χ3n) is 2.36. The van der Waals surface area contributed by atoms with E-state index in [4.69, 9.17) is 14.2 Å². The lowest BCUT2D eigenvalue weighted by molar-refractivity contribution is 0.0554. The smallest absolute Gasteiger partial charge is 0.497 e. The average Bonchev–Trinajstić information content (AvgIpc) is 2.33. The van der Waals surface area contributed by atoms with E-state index in [1.165, 1.54) is 19.2 Å². The second-order valence-electron chi connectivity index (χ2n) is 4.25. The Hall–Kier alpha value is -1.37. The minimum Gasteiger partial charge on any atom is -0.497 e. The Labute approximate surface area is 110 Å². The largest absolute Gasteiger partial charge is 0.513 e. The summed E-state index contributed by atoms with van der Waals surface area (Å²) in [5.41, 5.74) is -0.788. The summed E-state index contributed by atoms with van der Waals surface area (Å²) in [6, 6.07) is 3.64. The van der Waals surface area contributed by atoms with Crippen LogP contribution in [-0.4, -0.2) is 33.4 Å². The average molecular weight is 277 g/mol. The van der Waals surface area contributed by atoms with Crippen molar-refractivity contribution in [2.45, 2.75) is 20.0 Å². The molecule has 0 amide bonds. The van der Waals surface area contributed by atoms with Gasteiger partial charge in [-0.05, 0) is 32.0 Å². The molecule has 0 aliphatic heterocycles. The van der Waals surface area contributed by atoms with Crippen LogP contribution in [-0.2, 0) is 4.74 Å². The topological polar surface area (TPSA) is 27.7 Å². The Morgan fingerprint density at radius 3 is 2.37 bits per heavy atom. The fourth-order valence-electron chi connectivity index (χ4n) is 1.48. The van der Waals surface area contributed by atoms with Crippen molar-refractivity contribution >= 4 is 12.4 Å². The SMILES string of the molecule is COc1ccc(OCCOC(C)C)c([B-](F)(F)F)c1. The lowest BCUT2D eigenvalue weighted by atomic mass is 9.79. The van der Waals surface area contributed by atoms with Crippen LogP contribution >= 0.6 is 0 Å². The molecule has 0 fully saturated rings. The van der Waals surface area contributed by atoms with Crippen LogP contribution < -0.4 is 14.9 Å². The molecule has 0 heterocycles. The van der Waals surface area contributed by atoms with Crippen LogP contribution in [0.3, 0.4) is 0 Å². The summed E-state index contributed by atoms with van der Waals surface area (Å²) in [6.45, 7) is -1.14. The summed E-state index contributed by atoms with van der Waals surface area (Å²) in [7, 11) is 1.32. The highest BCUT2D eigenvalue weighted by atomic mass is 19.4. The lowest BCUT2D eigenvalue weighted by Crippen LogP contribution is -2.35. The van der Waals surface area contributed by atoms with Gasteiger partial charge in [0.2, 0.25) is 0 Å². The maximum Gasteiger partial charge on any atom is 0.513 e. The van der Waals surface area contributed by atoms with Crippen LogP contribution in [0.2, 0.25) is 0 Å². The highest BCUT2D eigenvalue weighted by Gasteiger charge is 2.29. The molecule has 0 spiro atoms. The fourth-order valence-corrected chi connectivity index (χ4v) is 1.48. The van der Waals surface area contributed by atoms with Crippen molar-refractivity contribution in [1.82, 2.24) is 0 Å². The van der Waals surface area contributed by atoms with E-state index in [1.807, 2.05) is 13.8 Å². The molecule has 19 heavy (non-hydrogen) atoms. The number of methoxy groups -OCH3 is 1. The third kappa shape index (κ3) is 5.02. The van der Waals surface area contributed by atoms with Crippen molar-refractivity contribution in [2.24, 2.45) is 0 Å². The molecular weight excluding hydrogens is 260 g/mol. The van der Waals surface area contributed by atoms with Crippen LogP contribution in [0.15, 0.2) is 18.2 Å². The molecule has 0 bridgehead atoms. The number of ether oxygens (including phenoxy) is 3. The molecule has 0 radical (unpaired) electrons. The van der Waals surface area contributed by atoms with E-state index in [0.29, 0.717) is 0 Å². The fraction of sp³-hybridized carbons (Fsp3) is 0.500. The van der Waals surface area contributed by atoms with Gasteiger partial charge in [-0.1, -0.05) is 5.46 Å². The molecule has 0 aromatic heterocycles. The van der Waals surface area contributed by atoms with Gasteiger partial charge in [-0.3, -0.25) is 0 Å². The van der Waals surface area contributed by atoms with Gasteiger partial charge in [-0.2, -0.15) is 0 Å². The summed E-state index contributed by atoms with van der Waals surface area (Å²) in [5, 5.41) is 0. The predicted octanol–water partition coefficient (Wildman–Crippen LogP) is 2.55. The van der Waals surface area contributed by atoms with Crippen LogP contribution in [0.1, 0.15) is 13.8 Å². The van der Waals surface area contributed by atoms with E-state index in [0.717, 1.165) is 6.07 Å². The van der Waals surface area contributed by atoms with Gasteiger partial charge in [0.05, 0.1) is 25.6 Å². The summed E-state index contributed by atoms with van der Waals surface area (Å²) in [5.74, 6) is -0.0411. The van der Waals surface area contributed by atoms with Gasteiger partial charge < -0.3 is 27.2 Å². The normalized spacial score (nSPS) is 11.7. The van der Waals surface area contributed by atoms with E-state index in [-0.39, 0.29) is 30.8 Å². The van der Waals surface area contributed by atoms with Crippen molar-refractivity contribution < 1.29 is 27.2 Å². The van der Waals surface area contributed by atoms with E-state index >= 15 is 0 Å². The van der Waals surface area contributed by atoms with Crippen LogP contribution in [0.5, 0.6) is 11.5 Å². The number of hydrogen-bond acceptors (Lipinski definition) is 3. The third-order valence-corrected chi connectivity index (χ3v) is 2.36. The molecule has 0 atom stereocenters. The first kappa shape index (κ1) is 15.7. The molecule has 0 N–H and O–H groups in total. The van der Waals surface area contributed by atoms with Crippen LogP contribution in [0.25, 0.3) is 0 Å². The van der Waals surface area contributed by atoms with Gasteiger partial charge in [-0.15, -0.1) is 0 Å². The Morgan fingerprint density at radius 2 is 1.84 bits per heavy atom. The Balaban J connectivity index is 2.76. The molecule has 0 aliphatic carbocycles. The molecule has 1 rings (SSSR count). The maximum absolute atomic E-state index is 12.9. The van der Waals surface area contributed by atoms with Crippen molar-refractivity contribution in [3.8, 4) is 11.5 Å². The van der Waals surface area contributed by atoms with E-state index in [9.17, 15) is 12.9 Å². The first-order valence-electron chi connectivity index (χ1n) is 5.97. The number of benzene rings is 1. The van der Waals surface area contributed by atoms with Crippen LogP contribution in [0.4, 0.5) is 12.9 Å². The standard InChI is InChI=1S/C12H17BF3O3/c1-9(2)18-6-7-19-12-5-4-10(17-3)8-11(12)13(14,15)16/h4-5,8-9H,6-7H2,1-3H3/q-1. The first-order chi connectivity index (χ1) is 8.84. The minimum absolute atomic E-state index is 0.0192. The van der Waals surface area contributed by atoms with E-state index in [1.54, 1.807) is 0 Å². The van der Waals surface area contributed by atoms with Crippen molar-refractivity contribution in [3.63, 3.8) is 0 Å². The highest BCUT2D eigenvalue weighted by molar-refractivity contribution is 6.74. The molecule has 0 unspecified atom stereocenters. The minimum atomic E-state index is -5.14. The summed E-state index contributed by atoms with van der Waals surface area (Å²) >= 11 is 0. The quantitative estimate of drug-likeness (QED) is 0.566. The Bertz CT molecular complexity index is 408. The molecular formula is C12H17BF3O3-. The number of hydrogen-bond donors (Lipinski definition) is 0.